The van der Waals surface area contributed by atoms with Crippen molar-refractivity contribution in [3.8, 4) is 0 Å². The van der Waals surface area contributed by atoms with Crippen LogP contribution in [0.3, 0.4) is 0 Å². The molecule has 0 saturated heterocycles. The van der Waals surface area contributed by atoms with E-state index >= 15 is 0 Å². The summed E-state index contributed by atoms with van der Waals surface area (Å²) in [5, 5.41) is 40.5. The van der Waals surface area contributed by atoms with E-state index in [1.165, 1.54) is 6.08 Å². The van der Waals surface area contributed by atoms with Gasteiger partial charge in [0, 0.05) is 11.5 Å². The van der Waals surface area contributed by atoms with Gasteiger partial charge >= 0.3 is 5.97 Å². The molecule has 4 aliphatic rings. The second-order valence-corrected chi connectivity index (χ2v) is 9.65. The molecule has 158 valence electrons. The molecule has 4 N–H and O–H groups in total. The Balaban J connectivity index is 1.77. The first kappa shape index (κ1) is 20.3. The normalized spacial score (nSPS) is 46.1. The van der Waals surface area contributed by atoms with Crippen LogP contribution in [0.2, 0.25) is 0 Å². The summed E-state index contributed by atoms with van der Waals surface area (Å²) < 4.78 is 0. The maximum atomic E-state index is 12.9. The van der Waals surface area contributed by atoms with Crippen LogP contribution in [-0.4, -0.2) is 50.2 Å². The minimum absolute atomic E-state index is 0.0177. The Hall–Kier alpha value is -1.99. The quantitative estimate of drug-likeness (QED) is 0.564. The molecule has 0 aromatic heterocycles. The van der Waals surface area contributed by atoms with Gasteiger partial charge in [0.1, 0.15) is 18.0 Å². The van der Waals surface area contributed by atoms with Gasteiger partial charge in [-0.15, -0.1) is 0 Å². The number of carbonyl (C=O) groups excluding carboxylic acids is 2. The standard InChI is InChI=1S/C22H28O7/c1-20-6-5-14-13(4-3-11-7-12(24)8-17(25)21(11,14)2)15(20)9-16(19(27)28)22(20,29)18(26)10-23/h7-8,13-16,23-24,29H,3-6,9-10H2,1-2H3,(H,27,28)/t13-,14+,15+,16?,20+,21+,22+/m1/s1. The van der Waals surface area contributed by atoms with Gasteiger partial charge < -0.3 is 20.4 Å². The number of ketones is 2. The van der Waals surface area contributed by atoms with E-state index in [-0.39, 0.29) is 35.7 Å². The Morgan fingerprint density at radius 3 is 2.48 bits per heavy atom. The van der Waals surface area contributed by atoms with Crippen LogP contribution in [0, 0.1) is 34.5 Å². The lowest BCUT2D eigenvalue weighted by molar-refractivity contribution is -0.179. The molecule has 7 nitrogen and oxygen atoms in total. The fourth-order valence-electron chi connectivity index (χ4n) is 7.26. The molecule has 3 fully saturated rings. The van der Waals surface area contributed by atoms with Crippen molar-refractivity contribution < 1.29 is 34.8 Å². The van der Waals surface area contributed by atoms with Crippen molar-refractivity contribution in [2.75, 3.05) is 6.61 Å². The first-order valence-electron chi connectivity index (χ1n) is 10.3. The molecule has 0 aromatic carbocycles. The van der Waals surface area contributed by atoms with Gasteiger partial charge in [-0.05, 0) is 62.9 Å². The number of rotatable bonds is 3. The van der Waals surface area contributed by atoms with Crippen molar-refractivity contribution >= 4 is 17.5 Å². The molecular formula is C22H28O7. The van der Waals surface area contributed by atoms with Gasteiger partial charge in [-0.1, -0.05) is 12.5 Å². The van der Waals surface area contributed by atoms with E-state index in [1.54, 1.807) is 13.0 Å². The zero-order chi connectivity index (χ0) is 21.4. The predicted molar refractivity (Wildman–Crippen MR) is 102 cm³/mol. The van der Waals surface area contributed by atoms with Crippen LogP contribution >= 0.6 is 0 Å². The van der Waals surface area contributed by atoms with E-state index in [2.05, 4.69) is 0 Å². The highest BCUT2D eigenvalue weighted by Crippen LogP contribution is 2.68. The van der Waals surface area contributed by atoms with E-state index in [1.807, 2.05) is 6.92 Å². The molecule has 3 saturated carbocycles. The van der Waals surface area contributed by atoms with E-state index in [0.717, 1.165) is 5.57 Å². The molecule has 4 rings (SSSR count). The lowest BCUT2D eigenvalue weighted by atomic mass is 9.46. The van der Waals surface area contributed by atoms with Crippen LogP contribution in [-0.2, 0) is 14.4 Å². The van der Waals surface area contributed by atoms with Crippen molar-refractivity contribution in [3.05, 3.63) is 23.5 Å². The summed E-state index contributed by atoms with van der Waals surface area (Å²) in [6.45, 7) is 2.77. The van der Waals surface area contributed by atoms with Crippen LogP contribution in [0.4, 0.5) is 0 Å². The minimum atomic E-state index is -2.12. The lowest BCUT2D eigenvalue weighted by Gasteiger charge is -2.57. The monoisotopic (exact) mass is 404 g/mol. The average Bonchev–Trinajstić information content (AvgIpc) is 2.91. The Morgan fingerprint density at radius 2 is 1.86 bits per heavy atom. The van der Waals surface area contributed by atoms with E-state index < -0.39 is 40.7 Å². The largest absolute Gasteiger partial charge is 0.508 e. The first-order valence-corrected chi connectivity index (χ1v) is 10.3. The molecule has 0 aliphatic heterocycles. The average molecular weight is 404 g/mol. The summed E-state index contributed by atoms with van der Waals surface area (Å²) in [6, 6.07) is 0. The van der Waals surface area contributed by atoms with Crippen LogP contribution in [0.25, 0.3) is 0 Å². The van der Waals surface area contributed by atoms with Gasteiger partial charge in [0.2, 0.25) is 0 Å². The maximum Gasteiger partial charge on any atom is 0.309 e. The van der Waals surface area contributed by atoms with Gasteiger partial charge in [-0.25, -0.2) is 0 Å². The number of hydrogen-bond acceptors (Lipinski definition) is 6. The van der Waals surface area contributed by atoms with Crippen molar-refractivity contribution in [3.63, 3.8) is 0 Å². The Bertz CT molecular complexity index is 857. The fraction of sp³-hybridized carbons (Fsp3) is 0.682. The number of hydrogen-bond donors (Lipinski definition) is 4. The molecule has 0 spiro atoms. The molecule has 0 aromatic rings. The van der Waals surface area contributed by atoms with Gasteiger partial charge in [-0.3, -0.25) is 14.4 Å². The highest BCUT2D eigenvalue weighted by Gasteiger charge is 2.71. The SMILES string of the molecule is C[C@]12C(=O)C=C(O)C=C1CC[C@@H]1[C@@H]2CC[C@@]2(C)[C@H]1CC(C(=O)O)[C@]2(O)C(=O)CO. The second-order valence-electron chi connectivity index (χ2n) is 9.65. The number of fused-ring (bicyclic) bond motifs is 5. The summed E-state index contributed by atoms with van der Waals surface area (Å²) in [7, 11) is 0. The number of carboxylic acids is 1. The zero-order valence-corrected chi connectivity index (χ0v) is 16.7. The third-order valence-corrected chi connectivity index (χ3v) is 8.83. The number of Topliss-reactive ketones (excluding diaryl/α,β-unsaturated/α-hetero) is 1. The number of aliphatic hydroxyl groups excluding tert-OH is 2. The summed E-state index contributed by atoms with van der Waals surface area (Å²) in [5.41, 5.74) is -2.93. The van der Waals surface area contributed by atoms with E-state index in [9.17, 15) is 34.8 Å². The Morgan fingerprint density at radius 1 is 1.17 bits per heavy atom. The van der Waals surface area contributed by atoms with Crippen molar-refractivity contribution in [2.24, 2.45) is 34.5 Å². The van der Waals surface area contributed by atoms with Gasteiger partial charge in [-0.2, -0.15) is 0 Å². The topological polar surface area (TPSA) is 132 Å². The molecule has 1 unspecified atom stereocenters. The molecule has 0 amide bonds. The minimum Gasteiger partial charge on any atom is -0.508 e. The maximum absolute atomic E-state index is 12.9. The van der Waals surface area contributed by atoms with Gasteiger partial charge in [0.25, 0.3) is 0 Å². The zero-order valence-electron chi connectivity index (χ0n) is 16.7. The van der Waals surface area contributed by atoms with Crippen molar-refractivity contribution in [1.82, 2.24) is 0 Å². The highest BCUT2D eigenvalue weighted by atomic mass is 16.4. The van der Waals surface area contributed by atoms with Crippen LogP contribution in [0.15, 0.2) is 23.5 Å². The molecule has 0 radical (unpaired) electrons. The first-order chi connectivity index (χ1) is 13.5. The van der Waals surface area contributed by atoms with Gasteiger partial charge in [0.05, 0.1) is 11.3 Å². The molecule has 29 heavy (non-hydrogen) atoms. The Kier molecular flexibility index (Phi) is 4.37. The molecule has 0 heterocycles. The third-order valence-electron chi connectivity index (χ3n) is 8.83. The number of carboxylic acid groups (broad SMARTS) is 1. The summed E-state index contributed by atoms with van der Waals surface area (Å²) in [4.78, 5) is 37.5. The summed E-state index contributed by atoms with van der Waals surface area (Å²) >= 11 is 0. The van der Waals surface area contributed by atoms with E-state index in [0.29, 0.717) is 25.7 Å². The molecule has 7 heteroatoms. The van der Waals surface area contributed by atoms with Crippen molar-refractivity contribution in [1.29, 1.82) is 0 Å². The third kappa shape index (κ3) is 2.34. The van der Waals surface area contributed by atoms with E-state index in [4.69, 9.17) is 0 Å². The van der Waals surface area contributed by atoms with Gasteiger partial charge in [0.15, 0.2) is 11.6 Å². The van der Waals surface area contributed by atoms with Crippen molar-refractivity contribution in [2.45, 2.75) is 51.6 Å². The predicted octanol–water partition coefficient (Wildman–Crippen LogP) is 1.78. The number of aliphatic carboxylic acids is 1. The van der Waals surface area contributed by atoms with Crippen LogP contribution in [0.1, 0.15) is 46.0 Å². The number of allylic oxidation sites excluding steroid dienone is 3. The summed E-state index contributed by atoms with van der Waals surface area (Å²) in [6.07, 6.45) is 5.38. The smallest absolute Gasteiger partial charge is 0.309 e. The van der Waals surface area contributed by atoms with Crippen LogP contribution in [0.5, 0.6) is 0 Å². The Labute approximate surface area is 169 Å². The highest BCUT2D eigenvalue weighted by molar-refractivity contribution is 5.99. The van der Waals surface area contributed by atoms with Crippen LogP contribution < -0.4 is 0 Å². The lowest BCUT2D eigenvalue weighted by Crippen LogP contribution is -2.61. The number of aliphatic hydroxyl groups is 3. The number of carbonyl (C=O) groups is 3. The molecule has 4 aliphatic carbocycles. The molecule has 7 atom stereocenters. The molecule has 0 bridgehead atoms. The fourth-order valence-corrected chi connectivity index (χ4v) is 7.26. The second kappa shape index (κ2) is 6.25. The summed E-state index contributed by atoms with van der Waals surface area (Å²) in [5.74, 6) is -3.81. The molecular weight excluding hydrogens is 376 g/mol.